The van der Waals surface area contributed by atoms with Crippen molar-refractivity contribution in [2.75, 3.05) is 0 Å². The van der Waals surface area contributed by atoms with Crippen LogP contribution in [0.15, 0.2) is 6.07 Å². The molecule has 0 saturated heterocycles. The zero-order chi connectivity index (χ0) is 10.8. The molecule has 0 saturated carbocycles. The summed E-state index contributed by atoms with van der Waals surface area (Å²) >= 11 is 1.77. The zero-order valence-electron chi connectivity index (χ0n) is 8.95. The quantitative estimate of drug-likeness (QED) is 0.857. The lowest BCUT2D eigenvalue weighted by Gasteiger charge is -2.16. The van der Waals surface area contributed by atoms with E-state index in [-0.39, 0.29) is 11.9 Å². The van der Waals surface area contributed by atoms with Crippen LogP contribution in [-0.2, 0) is 17.6 Å². The van der Waals surface area contributed by atoms with Crippen molar-refractivity contribution >= 4 is 17.1 Å². The number of thiophene rings is 1. The summed E-state index contributed by atoms with van der Waals surface area (Å²) in [6.45, 7) is 1.63. The second-order valence-corrected chi connectivity index (χ2v) is 5.42. The van der Waals surface area contributed by atoms with Crippen LogP contribution in [0.2, 0.25) is 0 Å². The van der Waals surface area contributed by atoms with Gasteiger partial charge < -0.3 is 9.90 Å². The molecule has 0 radical (unpaired) electrons. The maximum Gasteiger partial charge on any atom is 0.130 e. The van der Waals surface area contributed by atoms with E-state index in [0.717, 1.165) is 31.2 Å². The first-order chi connectivity index (χ1) is 7.16. The fourth-order valence-electron chi connectivity index (χ4n) is 2.01. The highest BCUT2D eigenvalue weighted by atomic mass is 32.1. The molecule has 0 aromatic carbocycles. The van der Waals surface area contributed by atoms with E-state index >= 15 is 0 Å². The number of Topliss-reactive ketones (excluding diaryl/α,β-unsaturated/α-hetero) is 1. The number of carbonyl (C=O) groups excluding carboxylic acids is 1. The second kappa shape index (κ2) is 4.45. The van der Waals surface area contributed by atoms with Crippen LogP contribution in [0, 0.1) is 0 Å². The minimum Gasteiger partial charge on any atom is -0.388 e. The Balaban J connectivity index is 2.11. The summed E-state index contributed by atoms with van der Waals surface area (Å²) in [6.07, 6.45) is 4.25. The minimum atomic E-state index is -0.268. The van der Waals surface area contributed by atoms with E-state index in [4.69, 9.17) is 0 Å². The van der Waals surface area contributed by atoms with Crippen LogP contribution < -0.4 is 0 Å². The van der Waals surface area contributed by atoms with Crippen LogP contribution >= 0.6 is 11.3 Å². The number of hydrogen-bond acceptors (Lipinski definition) is 3. The lowest BCUT2D eigenvalue weighted by atomic mass is 9.96. The van der Waals surface area contributed by atoms with Crippen molar-refractivity contribution in [3.05, 3.63) is 21.4 Å². The van der Waals surface area contributed by atoms with Crippen molar-refractivity contribution in [1.29, 1.82) is 0 Å². The molecule has 1 heterocycles. The molecule has 2 rings (SSSR count). The average molecular weight is 224 g/mol. The highest BCUT2D eigenvalue weighted by molar-refractivity contribution is 7.12. The Labute approximate surface area is 93.9 Å². The predicted molar refractivity (Wildman–Crippen MR) is 61.2 cm³/mol. The van der Waals surface area contributed by atoms with Crippen LogP contribution in [0.3, 0.4) is 0 Å². The van der Waals surface area contributed by atoms with Crippen molar-refractivity contribution in [3.63, 3.8) is 0 Å². The number of rotatable bonds is 3. The average Bonchev–Trinajstić information content (AvgIpc) is 2.59. The SMILES string of the molecule is CC(=O)CCc1cc2c(s1)CCCC2O. The summed E-state index contributed by atoms with van der Waals surface area (Å²) < 4.78 is 0. The smallest absolute Gasteiger partial charge is 0.130 e. The Morgan fingerprint density at radius 2 is 2.47 bits per heavy atom. The van der Waals surface area contributed by atoms with E-state index in [2.05, 4.69) is 6.07 Å². The molecule has 0 spiro atoms. The molecule has 0 aliphatic heterocycles. The van der Waals surface area contributed by atoms with Crippen LogP contribution in [0.4, 0.5) is 0 Å². The van der Waals surface area contributed by atoms with E-state index in [9.17, 15) is 9.90 Å². The lowest BCUT2D eigenvalue weighted by Crippen LogP contribution is -2.05. The molecule has 1 aromatic rings. The van der Waals surface area contributed by atoms with E-state index in [1.54, 1.807) is 18.3 Å². The van der Waals surface area contributed by atoms with Gasteiger partial charge in [-0.2, -0.15) is 0 Å². The molecule has 0 fully saturated rings. The summed E-state index contributed by atoms with van der Waals surface area (Å²) in [5.41, 5.74) is 1.12. The Morgan fingerprint density at radius 1 is 1.67 bits per heavy atom. The second-order valence-electron chi connectivity index (χ2n) is 4.20. The van der Waals surface area contributed by atoms with E-state index in [1.807, 2.05) is 0 Å². The highest BCUT2D eigenvalue weighted by Crippen LogP contribution is 2.35. The molecule has 15 heavy (non-hydrogen) atoms. The van der Waals surface area contributed by atoms with Gasteiger partial charge in [-0.15, -0.1) is 11.3 Å². The third-order valence-electron chi connectivity index (χ3n) is 2.86. The van der Waals surface area contributed by atoms with Gasteiger partial charge in [0.25, 0.3) is 0 Å². The maximum atomic E-state index is 10.9. The van der Waals surface area contributed by atoms with Gasteiger partial charge in [0.2, 0.25) is 0 Å². The molecule has 1 atom stereocenters. The number of aryl methyl sites for hydroxylation is 2. The van der Waals surface area contributed by atoms with Gasteiger partial charge in [-0.3, -0.25) is 0 Å². The molecule has 1 aliphatic carbocycles. The van der Waals surface area contributed by atoms with Crippen molar-refractivity contribution in [1.82, 2.24) is 0 Å². The topological polar surface area (TPSA) is 37.3 Å². The molecule has 0 amide bonds. The number of fused-ring (bicyclic) bond motifs is 1. The molecule has 1 aromatic heterocycles. The maximum absolute atomic E-state index is 10.9. The number of aliphatic hydroxyl groups excluding tert-OH is 1. The molecule has 82 valence electrons. The van der Waals surface area contributed by atoms with Crippen molar-refractivity contribution in [2.45, 2.75) is 45.1 Å². The predicted octanol–water partition coefficient (Wildman–Crippen LogP) is 2.64. The van der Waals surface area contributed by atoms with Crippen molar-refractivity contribution in [3.8, 4) is 0 Å². The summed E-state index contributed by atoms with van der Waals surface area (Å²) in [4.78, 5) is 13.5. The fourth-order valence-corrected chi connectivity index (χ4v) is 3.28. The van der Waals surface area contributed by atoms with Gasteiger partial charge in [-0.1, -0.05) is 0 Å². The Hall–Kier alpha value is -0.670. The first-order valence-corrected chi connectivity index (χ1v) is 6.27. The van der Waals surface area contributed by atoms with E-state index in [0.29, 0.717) is 6.42 Å². The number of hydrogen-bond donors (Lipinski definition) is 1. The molecule has 1 unspecified atom stereocenters. The molecule has 3 heteroatoms. The van der Waals surface area contributed by atoms with Gasteiger partial charge in [0.05, 0.1) is 6.10 Å². The highest BCUT2D eigenvalue weighted by Gasteiger charge is 2.20. The zero-order valence-corrected chi connectivity index (χ0v) is 9.77. The number of aliphatic hydroxyl groups is 1. The van der Waals surface area contributed by atoms with Gasteiger partial charge >= 0.3 is 0 Å². The summed E-state index contributed by atoms with van der Waals surface area (Å²) in [6, 6.07) is 2.09. The number of carbonyl (C=O) groups is 1. The van der Waals surface area contributed by atoms with Gasteiger partial charge in [0.15, 0.2) is 0 Å². The first kappa shape index (κ1) is 10.8. The standard InChI is InChI=1S/C12H16O2S/c1-8(13)5-6-9-7-10-11(14)3-2-4-12(10)15-9/h7,11,14H,2-6H2,1H3. The molecule has 0 bridgehead atoms. The summed E-state index contributed by atoms with van der Waals surface area (Å²) in [7, 11) is 0. The molecule has 1 N–H and O–H groups in total. The monoisotopic (exact) mass is 224 g/mol. The molecular weight excluding hydrogens is 208 g/mol. The Kier molecular flexibility index (Phi) is 3.22. The molecular formula is C12H16O2S. The summed E-state index contributed by atoms with van der Waals surface area (Å²) in [5, 5.41) is 9.79. The van der Waals surface area contributed by atoms with Crippen LogP contribution in [0.25, 0.3) is 0 Å². The Morgan fingerprint density at radius 3 is 3.13 bits per heavy atom. The fraction of sp³-hybridized carbons (Fsp3) is 0.583. The van der Waals surface area contributed by atoms with Gasteiger partial charge in [0.1, 0.15) is 5.78 Å². The van der Waals surface area contributed by atoms with Gasteiger partial charge in [-0.05, 0) is 44.2 Å². The Bertz CT molecular complexity index is 368. The summed E-state index contributed by atoms with van der Waals surface area (Å²) in [5.74, 6) is 0.238. The van der Waals surface area contributed by atoms with Crippen LogP contribution in [0.1, 0.15) is 47.6 Å². The van der Waals surface area contributed by atoms with Gasteiger partial charge in [-0.25, -0.2) is 0 Å². The van der Waals surface area contributed by atoms with E-state index < -0.39 is 0 Å². The van der Waals surface area contributed by atoms with E-state index in [1.165, 1.54) is 9.75 Å². The third-order valence-corrected chi connectivity index (χ3v) is 4.13. The van der Waals surface area contributed by atoms with Crippen LogP contribution in [-0.4, -0.2) is 10.9 Å². The normalized spacial score (nSPS) is 20.0. The van der Waals surface area contributed by atoms with Crippen LogP contribution in [0.5, 0.6) is 0 Å². The minimum absolute atomic E-state index is 0.238. The largest absolute Gasteiger partial charge is 0.388 e. The lowest BCUT2D eigenvalue weighted by molar-refractivity contribution is -0.116. The first-order valence-electron chi connectivity index (χ1n) is 5.46. The molecule has 2 nitrogen and oxygen atoms in total. The van der Waals surface area contributed by atoms with Crippen molar-refractivity contribution < 1.29 is 9.90 Å². The van der Waals surface area contributed by atoms with Gasteiger partial charge in [0, 0.05) is 16.2 Å². The van der Waals surface area contributed by atoms with Crippen molar-refractivity contribution in [2.24, 2.45) is 0 Å². The number of ketones is 1. The third kappa shape index (κ3) is 2.47. The molecule has 1 aliphatic rings.